The van der Waals surface area contributed by atoms with Gasteiger partial charge < -0.3 is 9.32 Å². The number of carbonyl (C=O) groups excluding carboxylic acids is 1. The van der Waals surface area contributed by atoms with E-state index in [1.165, 1.54) is 6.07 Å². The molecule has 0 radical (unpaired) electrons. The molecule has 0 spiro atoms. The van der Waals surface area contributed by atoms with Crippen LogP contribution in [-0.2, 0) is 17.8 Å². The fraction of sp³-hybridized carbons (Fsp3) is 0.353. The van der Waals surface area contributed by atoms with E-state index in [1.54, 1.807) is 23.3 Å². The molecule has 1 fully saturated rings. The van der Waals surface area contributed by atoms with E-state index < -0.39 is 5.82 Å². The van der Waals surface area contributed by atoms with Gasteiger partial charge in [0.25, 0.3) is 0 Å². The first-order valence-corrected chi connectivity index (χ1v) is 7.96. The van der Waals surface area contributed by atoms with Crippen LogP contribution in [0, 0.1) is 5.82 Å². The molecule has 1 aliphatic rings. The summed E-state index contributed by atoms with van der Waals surface area (Å²) in [6.07, 6.45) is 1.66. The summed E-state index contributed by atoms with van der Waals surface area (Å²) in [4.78, 5) is 16.4. The van der Waals surface area contributed by atoms with Gasteiger partial charge in [-0.05, 0) is 24.3 Å². The zero-order chi connectivity index (χ0) is 16.2. The Kier molecular flexibility index (Phi) is 4.98. The molecule has 0 aliphatic carbocycles. The van der Waals surface area contributed by atoms with E-state index in [0.717, 1.165) is 25.4 Å². The molecular weight excluding hydrogens is 319 g/mol. The molecule has 4 nitrogen and oxygen atoms in total. The minimum atomic E-state index is -0.428. The van der Waals surface area contributed by atoms with Crippen molar-refractivity contribution in [1.82, 2.24) is 9.80 Å². The second-order valence-corrected chi connectivity index (χ2v) is 6.02. The van der Waals surface area contributed by atoms with E-state index in [9.17, 15) is 9.18 Å². The Balaban J connectivity index is 1.54. The standard InChI is InChI=1S/C17H18ClFN2O2/c18-15-4-1-5-16(19)14(15)11-17(22)21-8-6-20(7-9-21)12-13-3-2-10-23-13/h1-5,10H,6-9,11-12H2. The van der Waals surface area contributed by atoms with Crippen LogP contribution in [0.2, 0.25) is 5.02 Å². The van der Waals surface area contributed by atoms with Gasteiger partial charge in [0.2, 0.25) is 5.91 Å². The summed E-state index contributed by atoms with van der Waals surface area (Å²) < 4.78 is 19.1. The fourth-order valence-corrected chi connectivity index (χ4v) is 2.97. The molecule has 2 heterocycles. The topological polar surface area (TPSA) is 36.7 Å². The Hall–Kier alpha value is -1.85. The minimum absolute atomic E-state index is 0.00366. The second kappa shape index (κ2) is 7.15. The third-order valence-corrected chi connectivity index (χ3v) is 4.43. The van der Waals surface area contributed by atoms with E-state index in [0.29, 0.717) is 18.1 Å². The molecule has 0 bridgehead atoms. The maximum atomic E-state index is 13.8. The molecule has 0 saturated carbocycles. The Bertz CT molecular complexity index is 647. The average Bonchev–Trinajstić information content (AvgIpc) is 3.04. The smallest absolute Gasteiger partial charge is 0.227 e. The van der Waals surface area contributed by atoms with Gasteiger partial charge in [0, 0.05) is 36.8 Å². The predicted octanol–water partition coefficient (Wildman–Crippen LogP) is 2.96. The normalized spacial score (nSPS) is 15.8. The van der Waals surface area contributed by atoms with Crippen LogP contribution < -0.4 is 0 Å². The molecule has 23 heavy (non-hydrogen) atoms. The molecule has 1 aliphatic heterocycles. The Morgan fingerprint density at radius 1 is 1.17 bits per heavy atom. The van der Waals surface area contributed by atoms with Gasteiger partial charge in [-0.2, -0.15) is 0 Å². The number of hydrogen-bond acceptors (Lipinski definition) is 3. The number of nitrogens with zero attached hydrogens (tertiary/aromatic N) is 2. The number of carbonyl (C=O) groups is 1. The Labute approximate surface area is 139 Å². The van der Waals surface area contributed by atoms with Crippen LogP contribution >= 0.6 is 11.6 Å². The van der Waals surface area contributed by atoms with Gasteiger partial charge in [0.15, 0.2) is 0 Å². The van der Waals surface area contributed by atoms with E-state index >= 15 is 0 Å². The minimum Gasteiger partial charge on any atom is -0.468 e. The van der Waals surface area contributed by atoms with Crippen LogP contribution in [0.5, 0.6) is 0 Å². The number of amides is 1. The van der Waals surface area contributed by atoms with Gasteiger partial charge in [-0.25, -0.2) is 4.39 Å². The highest BCUT2D eigenvalue weighted by molar-refractivity contribution is 6.31. The van der Waals surface area contributed by atoms with Crippen molar-refractivity contribution in [1.29, 1.82) is 0 Å². The molecule has 1 aromatic heterocycles. The summed E-state index contributed by atoms with van der Waals surface area (Å²) in [7, 11) is 0. The first kappa shape index (κ1) is 16.0. The lowest BCUT2D eigenvalue weighted by Gasteiger charge is -2.34. The zero-order valence-corrected chi connectivity index (χ0v) is 13.4. The lowest BCUT2D eigenvalue weighted by molar-refractivity contribution is -0.132. The van der Waals surface area contributed by atoms with E-state index in [-0.39, 0.29) is 17.9 Å². The maximum absolute atomic E-state index is 13.8. The molecular formula is C17H18ClFN2O2. The molecule has 1 amide bonds. The third-order valence-electron chi connectivity index (χ3n) is 4.07. The Morgan fingerprint density at radius 2 is 1.96 bits per heavy atom. The zero-order valence-electron chi connectivity index (χ0n) is 12.7. The summed E-state index contributed by atoms with van der Waals surface area (Å²) in [6.45, 7) is 3.56. The first-order valence-electron chi connectivity index (χ1n) is 7.59. The summed E-state index contributed by atoms with van der Waals surface area (Å²) in [5.41, 5.74) is 0.275. The van der Waals surface area contributed by atoms with Crippen molar-refractivity contribution in [3.63, 3.8) is 0 Å². The highest BCUT2D eigenvalue weighted by Crippen LogP contribution is 2.20. The number of rotatable bonds is 4. The average molecular weight is 337 g/mol. The van der Waals surface area contributed by atoms with Gasteiger partial charge in [-0.3, -0.25) is 9.69 Å². The molecule has 6 heteroatoms. The molecule has 1 aromatic carbocycles. The van der Waals surface area contributed by atoms with Gasteiger partial charge in [0.1, 0.15) is 11.6 Å². The second-order valence-electron chi connectivity index (χ2n) is 5.61. The monoisotopic (exact) mass is 336 g/mol. The van der Waals surface area contributed by atoms with Crippen LogP contribution in [-0.4, -0.2) is 41.9 Å². The predicted molar refractivity (Wildman–Crippen MR) is 85.7 cm³/mol. The number of benzene rings is 1. The van der Waals surface area contributed by atoms with Gasteiger partial charge in [-0.15, -0.1) is 0 Å². The van der Waals surface area contributed by atoms with Crippen molar-refractivity contribution < 1.29 is 13.6 Å². The van der Waals surface area contributed by atoms with Crippen LogP contribution in [0.4, 0.5) is 4.39 Å². The largest absolute Gasteiger partial charge is 0.468 e. The molecule has 0 atom stereocenters. The lowest BCUT2D eigenvalue weighted by Crippen LogP contribution is -2.48. The number of halogens is 2. The Morgan fingerprint density at radius 3 is 2.61 bits per heavy atom. The summed E-state index contributed by atoms with van der Waals surface area (Å²) in [6, 6.07) is 8.29. The quantitative estimate of drug-likeness (QED) is 0.861. The first-order chi connectivity index (χ1) is 11.1. The van der Waals surface area contributed by atoms with Crippen LogP contribution in [0.15, 0.2) is 41.0 Å². The highest BCUT2D eigenvalue weighted by atomic mass is 35.5. The molecule has 2 aromatic rings. The van der Waals surface area contributed by atoms with Crippen molar-refractivity contribution in [3.8, 4) is 0 Å². The third kappa shape index (κ3) is 3.92. The SMILES string of the molecule is O=C(Cc1c(F)cccc1Cl)N1CCN(Cc2ccco2)CC1. The van der Waals surface area contributed by atoms with Crippen molar-refractivity contribution in [2.75, 3.05) is 26.2 Å². The molecule has 0 unspecified atom stereocenters. The van der Waals surface area contributed by atoms with Crippen LogP contribution in [0.1, 0.15) is 11.3 Å². The summed E-state index contributed by atoms with van der Waals surface area (Å²) in [5, 5.41) is 0.301. The highest BCUT2D eigenvalue weighted by Gasteiger charge is 2.23. The molecule has 3 rings (SSSR count). The summed E-state index contributed by atoms with van der Waals surface area (Å²) >= 11 is 5.99. The molecule has 1 saturated heterocycles. The van der Waals surface area contributed by atoms with E-state index in [2.05, 4.69) is 4.90 Å². The van der Waals surface area contributed by atoms with Crippen molar-refractivity contribution in [2.45, 2.75) is 13.0 Å². The van der Waals surface area contributed by atoms with Crippen molar-refractivity contribution in [3.05, 3.63) is 58.8 Å². The van der Waals surface area contributed by atoms with Crippen LogP contribution in [0.25, 0.3) is 0 Å². The van der Waals surface area contributed by atoms with Gasteiger partial charge in [-0.1, -0.05) is 17.7 Å². The number of furan rings is 1. The number of hydrogen-bond donors (Lipinski definition) is 0. The van der Waals surface area contributed by atoms with Crippen molar-refractivity contribution in [2.24, 2.45) is 0 Å². The molecule has 0 N–H and O–H groups in total. The maximum Gasteiger partial charge on any atom is 0.227 e. The lowest BCUT2D eigenvalue weighted by atomic mass is 10.1. The van der Waals surface area contributed by atoms with Crippen LogP contribution in [0.3, 0.4) is 0 Å². The van der Waals surface area contributed by atoms with Crippen molar-refractivity contribution >= 4 is 17.5 Å². The molecule has 122 valence electrons. The van der Waals surface area contributed by atoms with E-state index in [1.807, 2.05) is 12.1 Å². The van der Waals surface area contributed by atoms with E-state index in [4.69, 9.17) is 16.0 Å². The van der Waals surface area contributed by atoms with Gasteiger partial charge >= 0.3 is 0 Å². The summed E-state index contributed by atoms with van der Waals surface area (Å²) in [5.74, 6) is 0.403. The van der Waals surface area contributed by atoms with Gasteiger partial charge in [0.05, 0.1) is 19.2 Å². The fourth-order valence-electron chi connectivity index (χ4n) is 2.74. The number of piperazine rings is 1.